The third kappa shape index (κ3) is 4.56. The fraction of sp³-hybridized carbons (Fsp3) is 0.188. The number of carbonyl (C=O) groups excluding carboxylic acids is 1. The molecule has 0 radical (unpaired) electrons. The molecule has 0 unspecified atom stereocenters. The third-order valence-corrected chi connectivity index (χ3v) is 3.46. The van der Waals surface area contributed by atoms with Crippen molar-refractivity contribution in [2.24, 2.45) is 0 Å². The van der Waals surface area contributed by atoms with Gasteiger partial charge in [-0.15, -0.1) is 0 Å². The highest BCUT2D eigenvalue weighted by molar-refractivity contribution is 9.10. The topological polar surface area (TPSA) is 41.1 Å². The van der Waals surface area contributed by atoms with E-state index in [0.717, 1.165) is 11.4 Å². The molecule has 0 aliphatic rings. The molecule has 0 aliphatic heterocycles. The third-order valence-electron chi connectivity index (χ3n) is 2.97. The molecule has 0 bridgehead atoms. The molecule has 0 heterocycles. The van der Waals surface area contributed by atoms with Crippen molar-refractivity contribution in [3.63, 3.8) is 0 Å². The van der Waals surface area contributed by atoms with Gasteiger partial charge in [0, 0.05) is 34.4 Å². The zero-order valence-electron chi connectivity index (χ0n) is 11.6. The summed E-state index contributed by atoms with van der Waals surface area (Å²) in [4.78, 5) is 11.4. The van der Waals surface area contributed by atoms with Gasteiger partial charge >= 0.3 is 0 Å². The Bertz CT molecular complexity index is 646. The van der Waals surface area contributed by atoms with Gasteiger partial charge in [0.25, 0.3) is 0 Å². The zero-order valence-corrected chi connectivity index (χ0v) is 13.2. The van der Waals surface area contributed by atoms with E-state index >= 15 is 0 Å². The number of benzene rings is 2. The van der Waals surface area contributed by atoms with Gasteiger partial charge in [-0.05, 0) is 30.3 Å². The van der Waals surface area contributed by atoms with Crippen molar-refractivity contribution < 1.29 is 9.18 Å². The number of hydrogen-bond acceptors (Lipinski definition) is 2. The fourth-order valence-corrected chi connectivity index (χ4v) is 2.15. The van der Waals surface area contributed by atoms with E-state index in [-0.39, 0.29) is 11.7 Å². The molecule has 0 atom stereocenters. The Balaban J connectivity index is 2.03. The van der Waals surface area contributed by atoms with Gasteiger partial charge in [0.05, 0.1) is 0 Å². The summed E-state index contributed by atoms with van der Waals surface area (Å²) in [6.07, 6.45) is 0.432. The molecular formula is C16H16BrFN2O. The Kier molecular flexibility index (Phi) is 5.33. The predicted molar refractivity (Wildman–Crippen MR) is 86.8 cm³/mol. The second kappa shape index (κ2) is 7.22. The molecule has 2 aromatic carbocycles. The first-order valence-electron chi connectivity index (χ1n) is 6.66. The van der Waals surface area contributed by atoms with Gasteiger partial charge in [-0.3, -0.25) is 4.79 Å². The Morgan fingerprint density at radius 1 is 1.19 bits per heavy atom. The highest BCUT2D eigenvalue weighted by Crippen LogP contribution is 2.19. The normalized spacial score (nSPS) is 10.2. The van der Waals surface area contributed by atoms with Crippen molar-refractivity contribution in [2.45, 2.75) is 19.9 Å². The van der Waals surface area contributed by atoms with E-state index in [4.69, 9.17) is 0 Å². The Morgan fingerprint density at radius 3 is 2.67 bits per heavy atom. The Morgan fingerprint density at radius 2 is 1.95 bits per heavy atom. The molecule has 0 spiro atoms. The minimum atomic E-state index is -0.257. The number of anilines is 2. The largest absolute Gasteiger partial charge is 0.381 e. The minimum Gasteiger partial charge on any atom is -0.381 e. The van der Waals surface area contributed by atoms with Crippen molar-refractivity contribution >= 4 is 33.2 Å². The molecule has 2 aromatic rings. The lowest BCUT2D eigenvalue weighted by Crippen LogP contribution is -2.09. The molecule has 2 rings (SSSR count). The van der Waals surface area contributed by atoms with Crippen LogP contribution < -0.4 is 10.6 Å². The average molecular weight is 351 g/mol. The van der Waals surface area contributed by atoms with Gasteiger partial charge < -0.3 is 10.6 Å². The quantitative estimate of drug-likeness (QED) is 0.830. The van der Waals surface area contributed by atoms with Crippen LogP contribution in [0.4, 0.5) is 15.8 Å². The summed E-state index contributed by atoms with van der Waals surface area (Å²) in [5.41, 5.74) is 2.13. The van der Waals surface area contributed by atoms with Gasteiger partial charge in [0.1, 0.15) is 5.82 Å². The first-order chi connectivity index (χ1) is 10.1. The smallest absolute Gasteiger partial charge is 0.224 e. The summed E-state index contributed by atoms with van der Waals surface area (Å²) < 4.78 is 14.4. The lowest BCUT2D eigenvalue weighted by atomic mass is 10.2. The maximum absolute atomic E-state index is 13.7. The maximum Gasteiger partial charge on any atom is 0.224 e. The van der Waals surface area contributed by atoms with Gasteiger partial charge in [0.2, 0.25) is 5.91 Å². The molecular weight excluding hydrogens is 335 g/mol. The molecule has 1 amide bonds. The van der Waals surface area contributed by atoms with E-state index < -0.39 is 0 Å². The number of carbonyl (C=O) groups is 1. The van der Waals surface area contributed by atoms with E-state index in [1.165, 1.54) is 6.07 Å². The van der Waals surface area contributed by atoms with Crippen LogP contribution >= 0.6 is 15.9 Å². The van der Waals surface area contributed by atoms with E-state index in [1.54, 1.807) is 19.1 Å². The summed E-state index contributed by atoms with van der Waals surface area (Å²) in [6.45, 7) is 2.18. The minimum absolute atomic E-state index is 0.0360. The van der Waals surface area contributed by atoms with Crippen molar-refractivity contribution in [1.82, 2.24) is 0 Å². The standard InChI is InChI=1S/C16H16BrFN2O/c1-2-16(21)20-14-5-3-4-13(9-14)19-10-11-6-7-12(17)8-15(11)18/h3-9,19H,2,10H2,1H3,(H,20,21). The molecule has 0 saturated heterocycles. The number of hydrogen-bond donors (Lipinski definition) is 2. The zero-order chi connectivity index (χ0) is 15.2. The Labute approximate surface area is 131 Å². The molecule has 21 heavy (non-hydrogen) atoms. The van der Waals surface area contributed by atoms with E-state index in [0.29, 0.717) is 23.0 Å². The van der Waals surface area contributed by atoms with Crippen LogP contribution in [-0.4, -0.2) is 5.91 Å². The van der Waals surface area contributed by atoms with Crippen LogP contribution in [0.1, 0.15) is 18.9 Å². The van der Waals surface area contributed by atoms with Crippen LogP contribution in [0.3, 0.4) is 0 Å². The number of nitrogens with one attached hydrogen (secondary N) is 2. The van der Waals surface area contributed by atoms with E-state index in [1.807, 2.05) is 24.3 Å². The van der Waals surface area contributed by atoms with Gasteiger partial charge in [0.15, 0.2) is 0 Å². The summed E-state index contributed by atoms with van der Waals surface area (Å²) in [5, 5.41) is 5.94. The van der Waals surface area contributed by atoms with E-state index in [9.17, 15) is 9.18 Å². The van der Waals surface area contributed by atoms with Crippen LogP contribution in [0.25, 0.3) is 0 Å². The lowest BCUT2D eigenvalue weighted by Gasteiger charge is -2.10. The SMILES string of the molecule is CCC(=O)Nc1cccc(NCc2ccc(Br)cc2F)c1. The van der Waals surface area contributed by atoms with Crippen LogP contribution in [0, 0.1) is 5.82 Å². The van der Waals surface area contributed by atoms with Gasteiger partial charge in [-0.1, -0.05) is 35.0 Å². The van der Waals surface area contributed by atoms with Crippen molar-refractivity contribution in [3.05, 3.63) is 58.3 Å². The summed E-state index contributed by atoms with van der Waals surface area (Å²) in [5.74, 6) is -0.293. The molecule has 110 valence electrons. The summed E-state index contributed by atoms with van der Waals surface area (Å²) >= 11 is 3.23. The predicted octanol–water partition coefficient (Wildman–Crippen LogP) is 4.55. The highest BCUT2D eigenvalue weighted by atomic mass is 79.9. The number of rotatable bonds is 5. The number of amides is 1. The first-order valence-corrected chi connectivity index (χ1v) is 7.45. The highest BCUT2D eigenvalue weighted by Gasteiger charge is 2.04. The molecule has 5 heteroatoms. The Hall–Kier alpha value is -1.88. The molecule has 0 aromatic heterocycles. The fourth-order valence-electron chi connectivity index (χ4n) is 1.82. The van der Waals surface area contributed by atoms with Crippen LogP contribution in [0.5, 0.6) is 0 Å². The van der Waals surface area contributed by atoms with Gasteiger partial charge in [-0.25, -0.2) is 4.39 Å². The molecule has 0 fully saturated rings. The van der Waals surface area contributed by atoms with Gasteiger partial charge in [-0.2, -0.15) is 0 Å². The summed E-state index contributed by atoms with van der Waals surface area (Å²) in [6, 6.07) is 12.3. The number of halogens is 2. The van der Waals surface area contributed by atoms with Crippen LogP contribution in [0.15, 0.2) is 46.9 Å². The molecule has 3 nitrogen and oxygen atoms in total. The second-order valence-electron chi connectivity index (χ2n) is 4.57. The average Bonchev–Trinajstić information content (AvgIpc) is 2.46. The molecule has 0 aliphatic carbocycles. The lowest BCUT2D eigenvalue weighted by molar-refractivity contribution is -0.115. The van der Waals surface area contributed by atoms with E-state index in [2.05, 4.69) is 26.6 Å². The van der Waals surface area contributed by atoms with Crippen molar-refractivity contribution in [3.8, 4) is 0 Å². The second-order valence-corrected chi connectivity index (χ2v) is 5.49. The van der Waals surface area contributed by atoms with Crippen LogP contribution in [-0.2, 0) is 11.3 Å². The monoisotopic (exact) mass is 350 g/mol. The molecule has 0 saturated carbocycles. The van der Waals surface area contributed by atoms with Crippen molar-refractivity contribution in [2.75, 3.05) is 10.6 Å². The summed E-state index contributed by atoms with van der Waals surface area (Å²) in [7, 11) is 0. The van der Waals surface area contributed by atoms with Crippen molar-refractivity contribution in [1.29, 1.82) is 0 Å². The molecule has 2 N–H and O–H groups in total. The first kappa shape index (κ1) is 15.5. The van der Waals surface area contributed by atoms with Crippen LogP contribution in [0.2, 0.25) is 0 Å². The maximum atomic E-state index is 13.7.